The average Bonchev–Trinajstić information content (AvgIpc) is 2.39. The number of amides is 3. The molecule has 0 spiro atoms. The minimum atomic E-state index is -0.684. The fourth-order valence-corrected chi connectivity index (χ4v) is 1.68. The molecule has 0 fully saturated rings. The Bertz CT molecular complexity index is 614. The molecule has 0 aliphatic carbocycles. The largest absolute Gasteiger partial charge is 0.325 e. The van der Waals surface area contributed by atoms with E-state index in [0.717, 1.165) is 5.56 Å². The predicted molar refractivity (Wildman–Crippen MR) is 73.7 cm³/mol. The van der Waals surface area contributed by atoms with Gasteiger partial charge in [-0.3, -0.25) is 10.1 Å². The summed E-state index contributed by atoms with van der Waals surface area (Å²) < 4.78 is 12.9. The molecule has 20 heavy (non-hydrogen) atoms. The monoisotopic (exact) mass is 272 g/mol. The van der Waals surface area contributed by atoms with E-state index in [4.69, 9.17) is 0 Å². The quantitative estimate of drug-likeness (QED) is 0.902. The molecular weight excluding hydrogens is 259 g/mol. The molecule has 3 amide bonds. The normalized spacial score (nSPS) is 9.85. The third kappa shape index (κ3) is 4.20. The lowest BCUT2D eigenvalue weighted by Crippen LogP contribution is -2.35. The van der Waals surface area contributed by atoms with Crippen LogP contribution in [0.5, 0.6) is 0 Å². The van der Waals surface area contributed by atoms with Gasteiger partial charge in [-0.05, 0) is 23.8 Å². The summed E-state index contributed by atoms with van der Waals surface area (Å²) in [5.41, 5.74) is 1.10. The van der Waals surface area contributed by atoms with Crippen molar-refractivity contribution in [2.75, 3.05) is 5.32 Å². The second-order valence-corrected chi connectivity index (χ2v) is 4.18. The molecule has 2 N–H and O–H groups in total. The van der Waals surface area contributed by atoms with Crippen molar-refractivity contribution in [1.29, 1.82) is 0 Å². The minimum absolute atomic E-state index is 0.109. The molecule has 0 atom stereocenters. The molecule has 2 aromatic carbocycles. The summed E-state index contributed by atoms with van der Waals surface area (Å²) in [6.07, 6.45) is 0.109. The van der Waals surface area contributed by atoms with Crippen LogP contribution in [0.4, 0.5) is 14.9 Å². The molecular formula is C15H13FN2O2. The Labute approximate surface area is 115 Å². The van der Waals surface area contributed by atoms with Gasteiger partial charge in [0.1, 0.15) is 5.82 Å². The van der Waals surface area contributed by atoms with Crippen molar-refractivity contribution < 1.29 is 14.0 Å². The van der Waals surface area contributed by atoms with E-state index < -0.39 is 17.8 Å². The molecule has 0 saturated carbocycles. The van der Waals surface area contributed by atoms with Crippen molar-refractivity contribution in [2.45, 2.75) is 6.42 Å². The van der Waals surface area contributed by atoms with Crippen LogP contribution in [0, 0.1) is 5.82 Å². The molecule has 2 aromatic rings. The van der Waals surface area contributed by atoms with Gasteiger partial charge in [0.05, 0.1) is 6.42 Å². The third-order valence-corrected chi connectivity index (χ3v) is 2.54. The highest BCUT2D eigenvalue weighted by atomic mass is 19.1. The number of rotatable bonds is 3. The minimum Gasteiger partial charge on any atom is -0.308 e. The van der Waals surface area contributed by atoms with Crippen LogP contribution < -0.4 is 10.6 Å². The number of hydrogen-bond acceptors (Lipinski definition) is 2. The molecule has 0 aromatic heterocycles. The number of carbonyl (C=O) groups excluding carboxylic acids is 2. The van der Waals surface area contributed by atoms with Crippen molar-refractivity contribution in [3.63, 3.8) is 0 Å². The molecule has 0 unspecified atom stereocenters. The van der Waals surface area contributed by atoms with E-state index >= 15 is 0 Å². The highest BCUT2D eigenvalue weighted by Gasteiger charge is 2.08. The lowest BCUT2D eigenvalue weighted by Gasteiger charge is -2.06. The van der Waals surface area contributed by atoms with Gasteiger partial charge < -0.3 is 5.32 Å². The molecule has 4 nitrogen and oxygen atoms in total. The third-order valence-electron chi connectivity index (χ3n) is 2.54. The Morgan fingerprint density at radius 1 is 1.00 bits per heavy atom. The van der Waals surface area contributed by atoms with Gasteiger partial charge in [-0.2, -0.15) is 0 Å². The van der Waals surface area contributed by atoms with Gasteiger partial charge in [0.2, 0.25) is 5.91 Å². The van der Waals surface area contributed by atoms with E-state index in [-0.39, 0.29) is 12.1 Å². The lowest BCUT2D eigenvalue weighted by atomic mass is 10.1. The first-order valence-electron chi connectivity index (χ1n) is 6.04. The zero-order valence-corrected chi connectivity index (χ0v) is 10.6. The molecule has 5 heteroatoms. The zero-order valence-electron chi connectivity index (χ0n) is 10.6. The number of halogens is 1. The molecule has 0 aliphatic rings. The van der Waals surface area contributed by atoms with E-state index in [9.17, 15) is 14.0 Å². The number of imide groups is 1. The van der Waals surface area contributed by atoms with E-state index in [1.165, 1.54) is 24.3 Å². The van der Waals surface area contributed by atoms with Gasteiger partial charge >= 0.3 is 6.03 Å². The van der Waals surface area contributed by atoms with E-state index in [0.29, 0.717) is 0 Å². The van der Waals surface area contributed by atoms with E-state index in [1.807, 2.05) is 18.2 Å². The summed E-state index contributed by atoms with van der Waals surface area (Å²) in [7, 11) is 0. The fraction of sp³-hybridized carbons (Fsp3) is 0.0667. The van der Waals surface area contributed by atoms with Gasteiger partial charge in [0, 0.05) is 5.69 Å². The average molecular weight is 272 g/mol. The van der Waals surface area contributed by atoms with Crippen LogP contribution in [0.2, 0.25) is 0 Å². The van der Waals surface area contributed by atoms with Gasteiger partial charge in [-0.25, -0.2) is 9.18 Å². The van der Waals surface area contributed by atoms with Crippen LogP contribution in [0.1, 0.15) is 5.56 Å². The number of carbonyl (C=O) groups is 2. The Balaban J connectivity index is 1.87. The first-order valence-corrected chi connectivity index (χ1v) is 6.04. The van der Waals surface area contributed by atoms with Gasteiger partial charge in [-0.1, -0.05) is 36.4 Å². The Morgan fingerprint density at radius 2 is 1.75 bits per heavy atom. The highest BCUT2D eigenvalue weighted by molar-refractivity contribution is 6.01. The van der Waals surface area contributed by atoms with E-state index in [2.05, 4.69) is 10.6 Å². The maximum atomic E-state index is 12.9. The van der Waals surface area contributed by atoms with Gasteiger partial charge in [0.15, 0.2) is 0 Å². The van der Waals surface area contributed by atoms with Crippen molar-refractivity contribution in [3.05, 3.63) is 66.0 Å². The van der Waals surface area contributed by atoms with Crippen molar-refractivity contribution >= 4 is 17.6 Å². The SMILES string of the molecule is O=C(Cc1ccccc1)NC(=O)Nc1cccc(F)c1. The number of urea groups is 1. The standard InChI is InChI=1S/C15H13FN2O2/c16-12-7-4-8-13(10-12)17-15(20)18-14(19)9-11-5-2-1-3-6-11/h1-8,10H,9H2,(H2,17,18,19,20). The zero-order chi connectivity index (χ0) is 14.4. The van der Waals surface area contributed by atoms with Crippen molar-refractivity contribution in [2.24, 2.45) is 0 Å². The van der Waals surface area contributed by atoms with E-state index in [1.54, 1.807) is 12.1 Å². The molecule has 0 radical (unpaired) electrons. The topological polar surface area (TPSA) is 58.2 Å². The molecule has 0 saturated heterocycles. The fourth-order valence-electron chi connectivity index (χ4n) is 1.68. The van der Waals surface area contributed by atoms with Crippen LogP contribution in [0.15, 0.2) is 54.6 Å². The summed E-state index contributed by atoms with van der Waals surface area (Å²) in [6, 6.07) is 13.8. The summed E-state index contributed by atoms with van der Waals surface area (Å²) in [6.45, 7) is 0. The molecule has 0 heterocycles. The first kappa shape index (κ1) is 13.7. The second-order valence-electron chi connectivity index (χ2n) is 4.18. The van der Waals surface area contributed by atoms with Crippen LogP contribution in [-0.2, 0) is 11.2 Å². The van der Waals surface area contributed by atoms with Crippen molar-refractivity contribution in [3.8, 4) is 0 Å². The Hall–Kier alpha value is -2.69. The number of nitrogens with one attached hydrogen (secondary N) is 2. The molecule has 0 aliphatic heterocycles. The van der Waals surface area contributed by atoms with Crippen molar-refractivity contribution in [1.82, 2.24) is 5.32 Å². The highest BCUT2D eigenvalue weighted by Crippen LogP contribution is 2.08. The summed E-state index contributed by atoms with van der Waals surface area (Å²) in [4.78, 5) is 23.2. The molecule has 2 rings (SSSR count). The Kier molecular flexibility index (Phi) is 4.44. The summed E-state index contributed by atoms with van der Waals surface area (Å²) >= 11 is 0. The predicted octanol–water partition coefficient (Wildman–Crippen LogP) is 2.72. The Morgan fingerprint density at radius 3 is 2.45 bits per heavy atom. The van der Waals surface area contributed by atoms with Crippen LogP contribution >= 0.6 is 0 Å². The summed E-state index contributed by atoms with van der Waals surface area (Å²) in [5, 5.41) is 4.57. The maximum Gasteiger partial charge on any atom is 0.325 e. The first-order chi connectivity index (χ1) is 9.63. The van der Waals surface area contributed by atoms with Gasteiger partial charge in [-0.15, -0.1) is 0 Å². The van der Waals surface area contributed by atoms with Crippen LogP contribution in [0.25, 0.3) is 0 Å². The summed E-state index contributed by atoms with van der Waals surface area (Å²) in [5.74, 6) is -0.886. The number of hydrogen-bond donors (Lipinski definition) is 2. The smallest absolute Gasteiger partial charge is 0.308 e. The van der Waals surface area contributed by atoms with Crippen LogP contribution in [-0.4, -0.2) is 11.9 Å². The lowest BCUT2D eigenvalue weighted by molar-refractivity contribution is -0.119. The number of anilines is 1. The maximum absolute atomic E-state index is 12.9. The number of benzene rings is 2. The molecule has 0 bridgehead atoms. The van der Waals surface area contributed by atoms with Gasteiger partial charge in [0.25, 0.3) is 0 Å². The van der Waals surface area contributed by atoms with Crippen LogP contribution in [0.3, 0.4) is 0 Å². The molecule has 102 valence electrons. The second kappa shape index (κ2) is 6.47.